The number of imide groups is 2. The SMILES string of the molecule is CC(CN(CCO)CC1CCN(c2ccc3c(c2)C(=O)N(C2CCC(=O)NC2=O)C3=O)CC1)C(C)CN1CCN2C(/C=C(\N)c3ccccc3O)=C(N)NCC2C1. The Labute approximate surface area is 334 Å². The van der Waals surface area contributed by atoms with Crippen molar-refractivity contribution in [2.75, 3.05) is 77.0 Å². The number of hydrogen-bond donors (Lipinski definition) is 6. The second kappa shape index (κ2) is 17.2. The van der Waals surface area contributed by atoms with Crippen LogP contribution in [0.1, 0.15) is 65.8 Å². The monoisotopic (exact) mass is 783 g/mol. The molecular formula is C42H57N9O6. The summed E-state index contributed by atoms with van der Waals surface area (Å²) in [6.07, 6.45) is 4.01. The third kappa shape index (κ3) is 8.60. The Kier molecular flexibility index (Phi) is 12.1. The molecule has 306 valence electrons. The molecule has 4 amide bonds. The van der Waals surface area contributed by atoms with Gasteiger partial charge in [-0.3, -0.25) is 34.3 Å². The summed E-state index contributed by atoms with van der Waals surface area (Å²) in [6, 6.07) is 11.6. The smallest absolute Gasteiger partial charge is 0.262 e. The number of fused-ring (bicyclic) bond motifs is 2. The Bertz CT molecular complexity index is 1930. The second-order valence-electron chi connectivity index (χ2n) is 16.4. The number of piperidine rings is 2. The van der Waals surface area contributed by atoms with E-state index in [0.717, 1.165) is 88.0 Å². The lowest BCUT2D eigenvalue weighted by atomic mass is 9.92. The van der Waals surface area contributed by atoms with E-state index in [1.807, 2.05) is 18.2 Å². The van der Waals surface area contributed by atoms with Crippen molar-refractivity contribution in [2.45, 2.75) is 51.6 Å². The van der Waals surface area contributed by atoms with Gasteiger partial charge in [-0.15, -0.1) is 0 Å². The first kappa shape index (κ1) is 40.1. The Morgan fingerprint density at radius 2 is 1.74 bits per heavy atom. The molecule has 15 nitrogen and oxygen atoms in total. The lowest BCUT2D eigenvalue weighted by Gasteiger charge is -2.47. The fourth-order valence-corrected chi connectivity index (χ4v) is 9.12. The van der Waals surface area contributed by atoms with Gasteiger partial charge in [-0.25, -0.2) is 0 Å². The molecule has 0 spiro atoms. The van der Waals surface area contributed by atoms with Gasteiger partial charge < -0.3 is 41.7 Å². The number of nitrogens with zero attached hydrogens (tertiary/aromatic N) is 5. The van der Waals surface area contributed by atoms with Crippen LogP contribution in [0, 0.1) is 17.8 Å². The van der Waals surface area contributed by atoms with Gasteiger partial charge in [0.15, 0.2) is 0 Å². The number of rotatable bonds is 13. The quantitative estimate of drug-likeness (QED) is 0.159. The van der Waals surface area contributed by atoms with Crippen LogP contribution in [-0.4, -0.2) is 138 Å². The zero-order valence-electron chi connectivity index (χ0n) is 33.0. The number of carbonyl (C=O) groups excluding carboxylic acids is 4. The van der Waals surface area contributed by atoms with Crippen LogP contribution in [0.25, 0.3) is 5.70 Å². The summed E-state index contributed by atoms with van der Waals surface area (Å²) >= 11 is 0. The highest BCUT2D eigenvalue weighted by molar-refractivity contribution is 6.23. The molecule has 0 saturated carbocycles. The average Bonchev–Trinajstić information content (AvgIpc) is 3.44. The molecule has 15 heteroatoms. The first-order chi connectivity index (χ1) is 27.4. The molecular weight excluding hydrogens is 727 g/mol. The zero-order valence-corrected chi connectivity index (χ0v) is 33.0. The number of anilines is 1. The number of phenols is 1. The Morgan fingerprint density at radius 3 is 2.47 bits per heavy atom. The molecule has 0 aromatic heterocycles. The van der Waals surface area contributed by atoms with Crippen molar-refractivity contribution in [2.24, 2.45) is 29.2 Å². The molecule has 0 bridgehead atoms. The molecule has 4 atom stereocenters. The van der Waals surface area contributed by atoms with Crippen LogP contribution in [0.3, 0.4) is 0 Å². The maximum absolute atomic E-state index is 13.4. The molecule has 2 aromatic carbocycles. The van der Waals surface area contributed by atoms with E-state index in [1.54, 1.807) is 30.3 Å². The molecule has 3 fully saturated rings. The standard InChI is InChI=1S/C42H57N9O6/c1-26(22-47-15-16-50-30(25-47)21-45-39(44)36(50)20-34(43)32-5-3-4-6-37(32)53)27(2)23-48(17-18-52)24-28-11-13-49(14-12-28)29-7-8-31-33(19-29)42(57)51(41(31)56)35-9-10-38(54)46-40(35)55/h3-8,19-20,26-28,30,35,45,52-53H,9-18,21-25,43-44H2,1-2H3,(H,46,54,55)/b34-20-. The number of aliphatic hydroxyl groups excluding tert-OH is 1. The fourth-order valence-electron chi connectivity index (χ4n) is 9.12. The third-order valence-corrected chi connectivity index (χ3v) is 12.6. The average molecular weight is 784 g/mol. The van der Waals surface area contributed by atoms with Crippen molar-refractivity contribution >= 4 is 35.0 Å². The number of carbonyl (C=O) groups is 4. The molecule has 0 radical (unpaired) electrons. The number of nitrogens with two attached hydrogens (primary N) is 2. The molecule has 57 heavy (non-hydrogen) atoms. The summed E-state index contributed by atoms with van der Waals surface area (Å²) in [5.74, 6) is 0.0487. The van der Waals surface area contributed by atoms with E-state index in [2.05, 4.69) is 44.1 Å². The van der Waals surface area contributed by atoms with Gasteiger partial charge in [-0.1, -0.05) is 26.0 Å². The molecule has 7 rings (SSSR count). The van der Waals surface area contributed by atoms with Gasteiger partial charge >= 0.3 is 0 Å². The molecule has 4 unspecified atom stereocenters. The van der Waals surface area contributed by atoms with Crippen LogP contribution in [-0.2, 0) is 9.59 Å². The van der Waals surface area contributed by atoms with E-state index in [0.29, 0.717) is 46.9 Å². The van der Waals surface area contributed by atoms with Gasteiger partial charge in [-0.05, 0) is 73.4 Å². The van der Waals surface area contributed by atoms with Crippen LogP contribution in [0.4, 0.5) is 5.69 Å². The minimum absolute atomic E-state index is 0.0867. The highest BCUT2D eigenvalue weighted by Crippen LogP contribution is 2.33. The van der Waals surface area contributed by atoms with Crippen LogP contribution in [0.2, 0.25) is 0 Å². The number of hydrogen-bond acceptors (Lipinski definition) is 13. The highest BCUT2D eigenvalue weighted by atomic mass is 16.3. The van der Waals surface area contributed by atoms with Crippen molar-refractivity contribution in [1.29, 1.82) is 0 Å². The van der Waals surface area contributed by atoms with E-state index < -0.39 is 29.7 Å². The normalized spacial score (nSPS) is 23.4. The van der Waals surface area contributed by atoms with Gasteiger partial charge in [0.25, 0.3) is 11.8 Å². The zero-order chi connectivity index (χ0) is 40.4. The number of para-hydroxylation sites is 1. The van der Waals surface area contributed by atoms with Gasteiger partial charge in [-0.2, -0.15) is 0 Å². The molecule has 0 aliphatic carbocycles. The topological polar surface area (TPSA) is 201 Å². The second-order valence-corrected chi connectivity index (χ2v) is 16.4. The van der Waals surface area contributed by atoms with E-state index in [1.165, 1.54) is 0 Å². The number of benzene rings is 2. The first-order valence-corrected chi connectivity index (χ1v) is 20.3. The van der Waals surface area contributed by atoms with Crippen LogP contribution in [0.5, 0.6) is 5.75 Å². The van der Waals surface area contributed by atoms with Gasteiger partial charge in [0.1, 0.15) is 17.6 Å². The Hall–Kier alpha value is -5.12. The number of phenolic OH excluding ortho intramolecular Hbond substituents is 1. The number of amides is 4. The molecule has 3 saturated heterocycles. The Balaban J connectivity index is 0.890. The number of nitrogens with one attached hydrogen (secondary N) is 2. The predicted octanol–water partition coefficient (Wildman–Crippen LogP) is 1.29. The van der Waals surface area contributed by atoms with Crippen molar-refractivity contribution < 1.29 is 29.4 Å². The number of aliphatic hydroxyl groups is 1. The van der Waals surface area contributed by atoms with Crippen molar-refractivity contribution in [3.8, 4) is 5.75 Å². The van der Waals surface area contributed by atoms with E-state index >= 15 is 0 Å². The highest BCUT2D eigenvalue weighted by Gasteiger charge is 2.45. The number of allylic oxidation sites excluding steroid dienone is 1. The number of piperazine rings is 1. The number of aromatic hydroxyl groups is 1. The van der Waals surface area contributed by atoms with Crippen LogP contribution in [0.15, 0.2) is 60.1 Å². The van der Waals surface area contributed by atoms with E-state index in [9.17, 15) is 29.4 Å². The molecule has 8 N–H and O–H groups in total. The molecule has 5 aliphatic rings. The minimum Gasteiger partial charge on any atom is -0.507 e. The summed E-state index contributed by atoms with van der Waals surface area (Å²) < 4.78 is 0. The first-order valence-electron chi connectivity index (χ1n) is 20.3. The van der Waals surface area contributed by atoms with Crippen molar-refractivity contribution in [3.63, 3.8) is 0 Å². The summed E-state index contributed by atoms with van der Waals surface area (Å²) in [6.45, 7) is 13.1. The van der Waals surface area contributed by atoms with Crippen LogP contribution >= 0.6 is 0 Å². The Morgan fingerprint density at radius 1 is 0.982 bits per heavy atom. The molecule has 2 aromatic rings. The van der Waals surface area contributed by atoms with Gasteiger partial charge in [0.2, 0.25) is 11.8 Å². The fraction of sp³-hybridized carbons (Fsp3) is 0.524. The maximum Gasteiger partial charge on any atom is 0.262 e. The van der Waals surface area contributed by atoms with Crippen molar-refractivity contribution in [3.05, 3.63) is 76.7 Å². The van der Waals surface area contributed by atoms with Gasteiger partial charge in [0.05, 0.1) is 29.5 Å². The lowest BCUT2D eigenvalue weighted by molar-refractivity contribution is -0.136. The van der Waals surface area contributed by atoms with E-state index in [4.69, 9.17) is 11.5 Å². The van der Waals surface area contributed by atoms with Gasteiger partial charge in [0, 0.05) is 88.8 Å². The van der Waals surface area contributed by atoms with Crippen molar-refractivity contribution in [1.82, 2.24) is 30.2 Å². The molecule has 5 aliphatic heterocycles. The lowest BCUT2D eigenvalue weighted by Crippen LogP contribution is -2.60. The summed E-state index contributed by atoms with van der Waals surface area (Å²) in [5.41, 5.74) is 16.2. The van der Waals surface area contributed by atoms with Crippen LogP contribution < -0.4 is 27.0 Å². The minimum atomic E-state index is -0.981. The molecule has 5 heterocycles. The van der Waals surface area contributed by atoms with E-state index in [-0.39, 0.29) is 36.8 Å². The maximum atomic E-state index is 13.4. The summed E-state index contributed by atoms with van der Waals surface area (Å²) in [7, 11) is 0. The largest absolute Gasteiger partial charge is 0.507 e. The summed E-state index contributed by atoms with van der Waals surface area (Å²) in [4.78, 5) is 61.2. The predicted molar refractivity (Wildman–Crippen MR) is 216 cm³/mol. The third-order valence-electron chi connectivity index (χ3n) is 12.6. The summed E-state index contributed by atoms with van der Waals surface area (Å²) in [5, 5.41) is 25.9.